The van der Waals surface area contributed by atoms with Crippen molar-refractivity contribution in [3.63, 3.8) is 0 Å². The number of aryl methyl sites for hydroxylation is 1. The lowest BCUT2D eigenvalue weighted by Crippen LogP contribution is -2.38. The minimum absolute atomic E-state index is 0.608. The van der Waals surface area contributed by atoms with E-state index in [1.165, 1.54) is 0 Å². The summed E-state index contributed by atoms with van der Waals surface area (Å²) in [6.45, 7) is 1.93. The van der Waals surface area contributed by atoms with Crippen molar-refractivity contribution in [3.05, 3.63) is 23.3 Å². The summed E-state index contributed by atoms with van der Waals surface area (Å²) in [6, 6.07) is 3.71. The molecule has 0 aromatic heterocycles. The molecular formula is C16H22O4. The lowest BCUT2D eigenvalue weighted by Gasteiger charge is -2.35. The van der Waals surface area contributed by atoms with E-state index in [1.807, 2.05) is 13.0 Å². The third-order valence-electron chi connectivity index (χ3n) is 4.35. The zero-order valence-electron chi connectivity index (χ0n) is 12.4. The van der Waals surface area contributed by atoms with Gasteiger partial charge in [0.25, 0.3) is 0 Å². The van der Waals surface area contributed by atoms with Crippen LogP contribution >= 0.6 is 0 Å². The Hall–Kier alpha value is -1.71. The van der Waals surface area contributed by atoms with Crippen LogP contribution in [0.1, 0.15) is 43.2 Å². The number of methoxy groups -OCH3 is 2. The number of ether oxygens (including phenoxy) is 2. The molecule has 0 radical (unpaired) electrons. The molecule has 2 rings (SSSR count). The lowest BCUT2D eigenvalue weighted by molar-refractivity contribution is -0.145. The molecule has 0 aliphatic heterocycles. The fourth-order valence-electron chi connectivity index (χ4n) is 3.19. The second kappa shape index (κ2) is 5.73. The maximum atomic E-state index is 11.9. The standard InChI is InChI=1S/C16H22O4/c1-11-9-12(14(20-3)10-13(11)19-2)16(15(17)18)7-5-4-6-8-16/h9-10H,4-8H2,1-3H3,(H,17,18). The molecule has 4 heteroatoms. The third kappa shape index (κ3) is 2.35. The van der Waals surface area contributed by atoms with E-state index in [2.05, 4.69) is 0 Å². The smallest absolute Gasteiger partial charge is 0.314 e. The molecule has 0 heterocycles. The van der Waals surface area contributed by atoms with Crippen molar-refractivity contribution in [2.45, 2.75) is 44.4 Å². The number of rotatable bonds is 4. The van der Waals surface area contributed by atoms with Crippen molar-refractivity contribution in [2.75, 3.05) is 14.2 Å². The van der Waals surface area contributed by atoms with Crippen LogP contribution in [0.5, 0.6) is 11.5 Å². The molecule has 0 unspecified atom stereocenters. The van der Waals surface area contributed by atoms with Gasteiger partial charge in [-0.25, -0.2) is 0 Å². The normalized spacial score (nSPS) is 17.6. The molecule has 4 nitrogen and oxygen atoms in total. The van der Waals surface area contributed by atoms with Crippen molar-refractivity contribution in [2.24, 2.45) is 0 Å². The van der Waals surface area contributed by atoms with Crippen LogP contribution in [-0.2, 0) is 10.2 Å². The quantitative estimate of drug-likeness (QED) is 0.918. The van der Waals surface area contributed by atoms with E-state index < -0.39 is 11.4 Å². The van der Waals surface area contributed by atoms with Crippen LogP contribution in [0, 0.1) is 6.92 Å². The molecule has 1 N–H and O–H groups in total. The van der Waals surface area contributed by atoms with Gasteiger partial charge in [-0.1, -0.05) is 19.3 Å². The zero-order valence-corrected chi connectivity index (χ0v) is 12.4. The highest BCUT2D eigenvalue weighted by molar-refractivity contribution is 5.83. The first-order valence-corrected chi connectivity index (χ1v) is 7.01. The van der Waals surface area contributed by atoms with Crippen LogP contribution in [0.15, 0.2) is 12.1 Å². The van der Waals surface area contributed by atoms with Gasteiger partial charge in [0.2, 0.25) is 0 Å². The summed E-state index contributed by atoms with van der Waals surface area (Å²) < 4.78 is 10.7. The molecule has 20 heavy (non-hydrogen) atoms. The summed E-state index contributed by atoms with van der Waals surface area (Å²) in [5.74, 6) is 0.582. The monoisotopic (exact) mass is 278 g/mol. The molecular weight excluding hydrogens is 256 g/mol. The molecule has 0 saturated heterocycles. The second-order valence-electron chi connectivity index (χ2n) is 5.47. The SMILES string of the molecule is COc1cc(OC)c(C2(C(=O)O)CCCCC2)cc1C. The van der Waals surface area contributed by atoms with Gasteiger partial charge < -0.3 is 14.6 Å². The summed E-state index contributed by atoms with van der Waals surface area (Å²) in [7, 11) is 3.18. The number of hydrogen-bond donors (Lipinski definition) is 1. The molecule has 0 amide bonds. The van der Waals surface area contributed by atoms with E-state index in [-0.39, 0.29) is 0 Å². The maximum absolute atomic E-state index is 11.9. The number of carboxylic acids is 1. The summed E-state index contributed by atoms with van der Waals surface area (Å²) in [5, 5.41) is 9.79. The second-order valence-corrected chi connectivity index (χ2v) is 5.47. The molecule has 1 saturated carbocycles. The van der Waals surface area contributed by atoms with Crippen LogP contribution in [0.25, 0.3) is 0 Å². The first-order valence-electron chi connectivity index (χ1n) is 7.01. The van der Waals surface area contributed by atoms with E-state index in [0.717, 1.165) is 36.1 Å². The predicted octanol–water partition coefficient (Wildman–Crippen LogP) is 3.30. The average molecular weight is 278 g/mol. The summed E-state index contributed by atoms with van der Waals surface area (Å²) in [6.07, 6.45) is 4.34. The van der Waals surface area contributed by atoms with E-state index in [4.69, 9.17) is 9.47 Å². The average Bonchev–Trinajstić information content (AvgIpc) is 2.47. The van der Waals surface area contributed by atoms with E-state index in [0.29, 0.717) is 18.6 Å². The maximum Gasteiger partial charge on any atom is 0.314 e. The van der Waals surface area contributed by atoms with Crippen LogP contribution < -0.4 is 9.47 Å². The van der Waals surface area contributed by atoms with Gasteiger partial charge in [0.15, 0.2) is 0 Å². The van der Waals surface area contributed by atoms with Crippen molar-refractivity contribution in [1.82, 2.24) is 0 Å². The van der Waals surface area contributed by atoms with Crippen LogP contribution in [0.3, 0.4) is 0 Å². The summed E-state index contributed by atoms with van der Waals surface area (Å²) in [4.78, 5) is 11.9. The molecule has 0 bridgehead atoms. The number of benzene rings is 1. The first-order chi connectivity index (χ1) is 9.55. The number of hydrogen-bond acceptors (Lipinski definition) is 3. The fraction of sp³-hybridized carbons (Fsp3) is 0.562. The molecule has 1 aromatic rings. The van der Waals surface area contributed by atoms with Gasteiger partial charge in [-0.05, 0) is 31.4 Å². The van der Waals surface area contributed by atoms with Gasteiger partial charge in [-0.3, -0.25) is 4.79 Å². The van der Waals surface area contributed by atoms with Gasteiger partial charge >= 0.3 is 5.97 Å². The highest BCUT2D eigenvalue weighted by atomic mass is 16.5. The highest BCUT2D eigenvalue weighted by Gasteiger charge is 2.43. The predicted molar refractivity (Wildman–Crippen MR) is 76.7 cm³/mol. The topological polar surface area (TPSA) is 55.8 Å². The summed E-state index contributed by atoms with van der Waals surface area (Å²) in [5.41, 5.74) is 0.903. The Morgan fingerprint density at radius 3 is 2.20 bits per heavy atom. The van der Waals surface area contributed by atoms with Gasteiger partial charge in [0, 0.05) is 11.6 Å². The minimum Gasteiger partial charge on any atom is -0.496 e. The summed E-state index contributed by atoms with van der Waals surface area (Å²) >= 11 is 0. The largest absolute Gasteiger partial charge is 0.496 e. The van der Waals surface area contributed by atoms with E-state index >= 15 is 0 Å². The van der Waals surface area contributed by atoms with Gasteiger partial charge in [0.05, 0.1) is 19.6 Å². The van der Waals surface area contributed by atoms with Crippen LogP contribution in [0.2, 0.25) is 0 Å². The first kappa shape index (κ1) is 14.7. The Bertz CT molecular complexity index is 501. The Morgan fingerprint density at radius 2 is 1.70 bits per heavy atom. The number of carboxylic acid groups (broad SMARTS) is 1. The van der Waals surface area contributed by atoms with Crippen molar-refractivity contribution in [3.8, 4) is 11.5 Å². The Morgan fingerprint density at radius 1 is 1.10 bits per heavy atom. The molecule has 1 aliphatic carbocycles. The van der Waals surface area contributed by atoms with Crippen molar-refractivity contribution >= 4 is 5.97 Å². The Balaban J connectivity index is 2.58. The van der Waals surface area contributed by atoms with Crippen LogP contribution in [-0.4, -0.2) is 25.3 Å². The van der Waals surface area contributed by atoms with Gasteiger partial charge in [-0.2, -0.15) is 0 Å². The zero-order chi connectivity index (χ0) is 14.8. The lowest BCUT2D eigenvalue weighted by atomic mass is 9.69. The number of aliphatic carboxylic acids is 1. The van der Waals surface area contributed by atoms with E-state index in [1.54, 1.807) is 20.3 Å². The molecule has 1 aliphatic rings. The van der Waals surface area contributed by atoms with Crippen LogP contribution in [0.4, 0.5) is 0 Å². The minimum atomic E-state index is -0.819. The fourth-order valence-corrected chi connectivity index (χ4v) is 3.19. The highest BCUT2D eigenvalue weighted by Crippen LogP contribution is 2.45. The molecule has 1 aromatic carbocycles. The van der Waals surface area contributed by atoms with Gasteiger partial charge in [0.1, 0.15) is 11.5 Å². The Labute approximate surface area is 119 Å². The molecule has 0 atom stereocenters. The number of carbonyl (C=O) groups is 1. The van der Waals surface area contributed by atoms with Gasteiger partial charge in [-0.15, -0.1) is 0 Å². The molecule has 0 spiro atoms. The molecule has 1 fully saturated rings. The van der Waals surface area contributed by atoms with E-state index in [9.17, 15) is 9.90 Å². The third-order valence-corrected chi connectivity index (χ3v) is 4.35. The van der Waals surface area contributed by atoms with Crippen molar-refractivity contribution in [1.29, 1.82) is 0 Å². The Kier molecular flexibility index (Phi) is 4.21. The van der Waals surface area contributed by atoms with Crippen molar-refractivity contribution < 1.29 is 19.4 Å². The molecule has 110 valence electrons.